The SMILES string of the molecule is O=[N+]([O-])c1ccc(C2CCCCC2)cc1. The molecule has 1 aromatic rings. The third kappa shape index (κ3) is 2.35. The van der Waals surface area contributed by atoms with Crippen LogP contribution in [0.4, 0.5) is 5.69 Å². The average molecular weight is 205 g/mol. The minimum Gasteiger partial charge on any atom is -0.258 e. The number of benzene rings is 1. The van der Waals surface area contributed by atoms with Crippen molar-refractivity contribution in [2.24, 2.45) is 0 Å². The van der Waals surface area contributed by atoms with Gasteiger partial charge in [-0.25, -0.2) is 0 Å². The van der Waals surface area contributed by atoms with Crippen molar-refractivity contribution in [3.8, 4) is 0 Å². The molecule has 15 heavy (non-hydrogen) atoms. The van der Waals surface area contributed by atoms with Crippen LogP contribution in [-0.4, -0.2) is 4.92 Å². The first-order valence-electron chi connectivity index (χ1n) is 5.52. The molecule has 0 spiro atoms. The predicted octanol–water partition coefficient (Wildman–Crippen LogP) is 3.64. The number of hydrogen-bond donors (Lipinski definition) is 0. The molecule has 0 saturated heterocycles. The molecular formula is C12H15NO2. The van der Waals surface area contributed by atoms with Crippen molar-refractivity contribution in [3.05, 3.63) is 39.9 Å². The van der Waals surface area contributed by atoms with E-state index in [1.807, 2.05) is 12.1 Å². The van der Waals surface area contributed by atoms with Gasteiger partial charge in [-0.05, 0) is 24.3 Å². The van der Waals surface area contributed by atoms with Crippen LogP contribution in [0.5, 0.6) is 0 Å². The Bertz CT molecular complexity index is 339. The Morgan fingerprint density at radius 1 is 1.07 bits per heavy atom. The second-order valence-electron chi connectivity index (χ2n) is 4.18. The third-order valence-electron chi connectivity index (χ3n) is 3.18. The van der Waals surface area contributed by atoms with E-state index < -0.39 is 0 Å². The zero-order chi connectivity index (χ0) is 10.7. The number of nitro benzene ring substituents is 1. The molecule has 0 amide bonds. The molecule has 0 unspecified atom stereocenters. The van der Waals surface area contributed by atoms with Gasteiger partial charge in [-0.2, -0.15) is 0 Å². The van der Waals surface area contributed by atoms with Crippen molar-refractivity contribution in [3.63, 3.8) is 0 Å². The molecule has 0 N–H and O–H groups in total. The van der Waals surface area contributed by atoms with E-state index in [1.54, 1.807) is 12.1 Å². The summed E-state index contributed by atoms with van der Waals surface area (Å²) in [5.74, 6) is 0.625. The smallest absolute Gasteiger partial charge is 0.258 e. The van der Waals surface area contributed by atoms with Gasteiger partial charge in [0, 0.05) is 12.1 Å². The molecule has 80 valence electrons. The van der Waals surface area contributed by atoms with E-state index >= 15 is 0 Å². The minimum absolute atomic E-state index is 0.189. The summed E-state index contributed by atoms with van der Waals surface area (Å²) in [6.07, 6.45) is 6.39. The van der Waals surface area contributed by atoms with Gasteiger partial charge in [-0.1, -0.05) is 31.4 Å². The van der Waals surface area contributed by atoms with Gasteiger partial charge in [0.05, 0.1) is 4.92 Å². The molecule has 0 atom stereocenters. The van der Waals surface area contributed by atoms with E-state index in [9.17, 15) is 10.1 Å². The molecule has 3 nitrogen and oxygen atoms in total. The molecule has 1 aliphatic carbocycles. The van der Waals surface area contributed by atoms with E-state index in [0.717, 1.165) is 0 Å². The predicted molar refractivity (Wildman–Crippen MR) is 58.9 cm³/mol. The Morgan fingerprint density at radius 3 is 2.20 bits per heavy atom. The van der Waals surface area contributed by atoms with Crippen molar-refractivity contribution in [1.82, 2.24) is 0 Å². The summed E-state index contributed by atoms with van der Waals surface area (Å²) in [5, 5.41) is 10.5. The summed E-state index contributed by atoms with van der Waals surface area (Å²) < 4.78 is 0. The van der Waals surface area contributed by atoms with Crippen LogP contribution in [0.2, 0.25) is 0 Å². The molecule has 0 radical (unpaired) electrons. The van der Waals surface area contributed by atoms with Crippen molar-refractivity contribution >= 4 is 5.69 Å². The standard InChI is InChI=1S/C12H15NO2/c14-13(15)12-8-6-11(7-9-12)10-4-2-1-3-5-10/h6-10H,1-5H2. The molecule has 0 aromatic heterocycles. The fraction of sp³-hybridized carbons (Fsp3) is 0.500. The number of nitrogens with zero attached hydrogens (tertiary/aromatic N) is 1. The monoisotopic (exact) mass is 205 g/mol. The van der Waals surface area contributed by atoms with Gasteiger partial charge in [0.15, 0.2) is 0 Å². The molecule has 1 fully saturated rings. The lowest BCUT2D eigenvalue weighted by Crippen LogP contribution is -2.04. The quantitative estimate of drug-likeness (QED) is 0.546. The molecule has 2 rings (SSSR count). The lowest BCUT2D eigenvalue weighted by atomic mass is 9.84. The number of rotatable bonds is 2. The fourth-order valence-electron chi connectivity index (χ4n) is 2.30. The highest BCUT2D eigenvalue weighted by atomic mass is 16.6. The molecule has 1 aliphatic rings. The van der Waals surface area contributed by atoms with Crippen LogP contribution >= 0.6 is 0 Å². The molecule has 1 aromatic carbocycles. The minimum atomic E-state index is -0.343. The van der Waals surface area contributed by atoms with E-state index in [2.05, 4.69) is 0 Å². The summed E-state index contributed by atoms with van der Waals surface area (Å²) in [6, 6.07) is 7.05. The first-order valence-corrected chi connectivity index (χ1v) is 5.52. The highest BCUT2D eigenvalue weighted by molar-refractivity contribution is 5.34. The lowest BCUT2D eigenvalue weighted by Gasteiger charge is -2.21. The lowest BCUT2D eigenvalue weighted by molar-refractivity contribution is -0.384. The van der Waals surface area contributed by atoms with E-state index in [1.165, 1.54) is 37.7 Å². The number of non-ortho nitro benzene ring substituents is 1. The van der Waals surface area contributed by atoms with E-state index in [0.29, 0.717) is 5.92 Å². The summed E-state index contributed by atoms with van der Waals surface area (Å²) >= 11 is 0. The summed E-state index contributed by atoms with van der Waals surface area (Å²) in [4.78, 5) is 10.2. The second-order valence-corrected chi connectivity index (χ2v) is 4.18. The van der Waals surface area contributed by atoms with Gasteiger partial charge in [-0.3, -0.25) is 10.1 Å². The van der Waals surface area contributed by atoms with Crippen molar-refractivity contribution in [2.75, 3.05) is 0 Å². The zero-order valence-electron chi connectivity index (χ0n) is 8.69. The Hall–Kier alpha value is -1.38. The first kappa shape index (κ1) is 10.1. The molecule has 1 saturated carbocycles. The Labute approximate surface area is 89.3 Å². The maximum atomic E-state index is 10.5. The van der Waals surface area contributed by atoms with Crippen LogP contribution in [0.3, 0.4) is 0 Å². The number of hydrogen-bond acceptors (Lipinski definition) is 2. The topological polar surface area (TPSA) is 43.1 Å². The van der Waals surface area contributed by atoms with Crippen LogP contribution in [0, 0.1) is 10.1 Å². The summed E-state index contributed by atoms with van der Waals surface area (Å²) in [6.45, 7) is 0. The van der Waals surface area contributed by atoms with E-state index in [-0.39, 0.29) is 10.6 Å². The van der Waals surface area contributed by atoms with Gasteiger partial charge in [0.2, 0.25) is 0 Å². The Balaban J connectivity index is 2.11. The third-order valence-corrected chi connectivity index (χ3v) is 3.18. The van der Waals surface area contributed by atoms with E-state index in [4.69, 9.17) is 0 Å². The largest absolute Gasteiger partial charge is 0.269 e. The van der Waals surface area contributed by atoms with Crippen LogP contribution in [0.25, 0.3) is 0 Å². The van der Waals surface area contributed by atoms with Crippen molar-refractivity contribution < 1.29 is 4.92 Å². The van der Waals surface area contributed by atoms with Crippen LogP contribution in [0.1, 0.15) is 43.6 Å². The highest BCUT2D eigenvalue weighted by Crippen LogP contribution is 2.33. The van der Waals surface area contributed by atoms with Gasteiger partial charge >= 0.3 is 0 Å². The van der Waals surface area contributed by atoms with Gasteiger partial charge < -0.3 is 0 Å². The number of nitro groups is 1. The molecule has 3 heteroatoms. The first-order chi connectivity index (χ1) is 7.27. The van der Waals surface area contributed by atoms with Crippen LogP contribution in [0.15, 0.2) is 24.3 Å². The van der Waals surface area contributed by atoms with Crippen molar-refractivity contribution in [1.29, 1.82) is 0 Å². The van der Waals surface area contributed by atoms with Gasteiger partial charge in [0.25, 0.3) is 5.69 Å². The second kappa shape index (κ2) is 4.43. The zero-order valence-corrected chi connectivity index (χ0v) is 8.69. The summed E-state index contributed by atoms with van der Waals surface area (Å²) in [5.41, 5.74) is 1.45. The maximum absolute atomic E-state index is 10.5. The molecule has 0 bridgehead atoms. The van der Waals surface area contributed by atoms with Crippen LogP contribution < -0.4 is 0 Å². The Morgan fingerprint density at radius 2 is 1.67 bits per heavy atom. The van der Waals surface area contributed by atoms with Crippen molar-refractivity contribution in [2.45, 2.75) is 38.0 Å². The molecule has 0 heterocycles. The maximum Gasteiger partial charge on any atom is 0.269 e. The average Bonchev–Trinajstić information content (AvgIpc) is 2.30. The molecule has 0 aliphatic heterocycles. The highest BCUT2D eigenvalue weighted by Gasteiger charge is 2.16. The van der Waals surface area contributed by atoms with Gasteiger partial charge in [0.1, 0.15) is 0 Å². The van der Waals surface area contributed by atoms with Crippen LogP contribution in [-0.2, 0) is 0 Å². The molecular weight excluding hydrogens is 190 g/mol. The normalized spacial score (nSPS) is 17.6. The fourth-order valence-corrected chi connectivity index (χ4v) is 2.30. The summed E-state index contributed by atoms with van der Waals surface area (Å²) in [7, 11) is 0. The van der Waals surface area contributed by atoms with Gasteiger partial charge in [-0.15, -0.1) is 0 Å². The Kier molecular flexibility index (Phi) is 2.99.